The average Bonchev–Trinajstić information content (AvgIpc) is 2.46. The zero-order valence-corrected chi connectivity index (χ0v) is 9.56. The van der Waals surface area contributed by atoms with E-state index in [0.29, 0.717) is 6.54 Å². The summed E-state index contributed by atoms with van der Waals surface area (Å²) in [5, 5.41) is 4.33. The highest BCUT2D eigenvalue weighted by molar-refractivity contribution is 7.10. The Kier molecular flexibility index (Phi) is 4.16. The molecule has 15 heavy (non-hydrogen) atoms. The molecule has 0 bridgehead atoms. The van der Waals surface area contributed by atoms with E-state index in [-0.39, 0.29) is 0 Å². The lowest BCUT2D eigenvalue weighted by molar-refractivity contribution is -0.125. The zero-order chi connectivity index (χ0) is 11.5. The van der Waals surface area contributed by atoms with Crippen molar-refractivity contribution in [3.05, 3.63) is 21.4 Å². The molecule has 0 saturated carbocycles. The van der Waals surface area contributed by atoms with Gasteiger partial charge in [0, 0.05) is 11.4 Å². The number of rotatable bonds is 4. The Morgan fingerprint density at radius 2 is 2.07 bits per heavy atom. The number of nitrogens with one attached hydrogen (secondary N) is 1. The third-order valence-corrected chi connectivity index (χ3v) is 3.49. The van der Waals surface area contributed by atoms with Gasteiger partial charge in [0.25, 0.3) is 0 Å². The quantitative estimate of drug-likeness (QED) is 0.847. The highest BCUT2D eigenvalue weighted by Crippen LogP contribution is 2.22. The lowest BCUT2D eigenvalue weighted by atomic mass is 10.1. The molecule has 0 fully saturated rings. The minimum Gasteiger partial charge on any atom is -0.305 e. The first kappa shape index (κ1) is 12.5. The van der Waals surface area contributed by atoms with Gasteiger partial charge in [-0.25, -0.2) is 0 Å². The molecule has 1 rings (SSSR count). The Morgan fingerprint density at radius 1 is 1.40 bits per heavy atom. The Hall–Kier alpha value is -0.550. The molecule has 86 valence electrons. The van der Waals surface area contributed by atoms with Crippen LogP contribution in [0.5, 0.6) is 0 Å². The van der Waals surface area contributed by atoms with Crippen LogP contribution >= 0.6 is 11.3 Å². The van der Waals surface area contributed by atoms with Gasteiger partial charge in [0.1, 0.15) is 0 Å². The number of thiophene rings is 1. The van der Waals surface area contributed by atoms with E-state index in [4.69, 9.17) is 0 Å². The van der Waals surface area contributed by atoms with Crippen LogP contribution in [-0.4, -0.2) is 12.7 Å². The molecule has 0 atom stereocenters. The van der Waals surface area contributed by atoms with Gasteiger partial charge in [-0.3, -0.25) is 0 Å². The van der Waals surface area contributed by atoms with Crippen LogP contribution in [0.1, 0.15) is 22.9 Å². The van der Waals surface area contributed by atoms with Crippen LogP contribution in [-0.2, 0) is 13.0 Å². The molecule has 5 heteroatoms. The van der Waals surface area contributed by atoms with Crippen LogP contribution in [0.3, 0.4) is 0 Å². The highest BCUT2D eigenvalue weighted by Gasteiger charge is 2.26. The molecule has 0 radical (unpaired) electrons. The van der Waals surface area contributed by atoms with Gasteiger partial charge in [-0.15, -0.1) is 11.3 Å². The predicted molar refractivity (Wildman–Crippen MR) is 56.2 cm³/mol. The SMILES string of the molecule is CCc1scc(CNCC(F)(F)F)c1C. The normalized spacial score (nSPS) is 12.1. The lowest BCUT2D eigenvalue weighted by Gasteiger charge is -2.07. The zero-order valence-electron chi connectivity index (χ0n) is 8.74. The lowest BCUT2D eigenvalue weighted by Crippen LogP contribution is -2.28. The van der Waals surface area contributed by atoms with E-state index in [0.717, 1.165) is 17.5 Å². The third-order valence-electron chi connectivity index (χ3n) is 2.21. The van der Waals surface area contributed by atoms with Crippen molar-refractivity contribution in [2.75, 3.05) is 6.54 Å². The van der Waals surface area contributed by atoms with E-state index in [2.05, 4.69) is 5.32 Å². The molecule has 0 amide bonds. The van der Waals surface area contributed by atoms with Gasteiger partial charge in [-0.2, -0.15) is 13.2 Å². The molecule has 1 nitrogen and oxygen atoms in total. The monoisotopic (exact) mass is 237 g/mol. The van der Waals surface area contributed by atoms with Crippen molar-refractivity contribution in [1.29, 1.82) is 0 Å². The minimum atomic E-state index is -4.13. The molecular weight excluding hydrogens is 223 g/mol. The molecule has 0 unspecified atom stereocenters. The molecule has 0 aliphatic carbocycles. The summed E-state index contributed by atoms with van der Waals surface area (Å²) in [5.41, 5.74) is 2.10. The van der Waals surface area contributed by atoms with Gasteiger partial charge >= 0.3 is 6.18 Å². The van der Waals surface area contributed by atoms with Crippen LogP contribution in [0, 0.1) is 6.92 Å². The maximum Gasteiger partial charge on any atom is 0.401 e. The number of alkyl halides is 3. The summed E-state index contributed by atoms with van der Waals surface area (Å²) in [6, 6.07) is 0. The van der Waals surface area contributed by atoms with Crippen LogP contribution in [0.15, 0.2) is 5.38 Å². The molecular formula is C10H14F3NS. The summed E-state index contributed by atoms with van der Waals surface area (Å²) in [6.45, 7) is 3.37. The first-order valence-electron chi connectivity index (χ1n) is 4.77. The summed E-state index contributed by atoms with van der Waals surface area (Å²) in [6.07, 6.45) is -3.19. The second-order valence-electron chi connectivity index (χ2n) is 3.38. The van der Waals surface area contributed by atoms with Gasteiger partial charge in [-0.1, -0.05) is 6.92 Å². The van der Waals surface area contributed by atoms with Gasteiger partial charge < -0.3 is 5.32 Å². The van der Waals surface area contributed by atoms with Gasteiger partial charge in [0.2, 0.25) is 0 Å². The summed E-state index contributed by atoms with van der Waals surface area (Å²) < 4.78 is 35.6. The summed E-state index contributed by atoms with van der Waals surface area (Å²) in [5.74, 6) is 0. The molecule has 1 heterocycles. The Labute approximate surface area is 91.3 Å². The maximum absolute atomic E-state index is 11.9. The average molecular weight is 237 g/mol. The van der Waals surface area contributed by atoms with Crippen molar-refractivity contribution in [1.82, 2.24) is 5.32 Å². The highest BCUT2D eigenvalue weighted by atomic mass is 32.1. The molecule has 0 aliphatic heterocycles. The van der Waals surface area contributed by atoms with Gasteiger partial charge in [0.15, 0.2) is 0 Å². The van der Waals surface area contributed by atoms with Crippen molar-refractivity contribution in [2.45, 2.75) is 33.0 Å². The van der Waals surface area contributed by atoms with Crippen molar-refractivity contribution >= 4 is 11.3 Å². The number of hydrogen-bond acceptors (Lipinski definition) is 2. The second kappa shape index (κ2) is 4.99. The van der Waals surface area contributed by atoms with Crippen LogP contribution in [0.4, 0.5) is 13.2 Å². The summed E-state index contributed by atoms with van der Waals surface area (Å²) >= 11 is 1.61. The Morgan fingerprint density at radius 3 is 2.53 bits per heavy atom. The van der Waals surface area contributed by atoms with E-state index < -0.39 is 12.7 Å². The Bertz CT molecular complexity index is 317. The van der Waals surface area contributed by atoms with Crippen LogP contribution < -0.4 is 5.32 Å². The summed E-state index contributed by atoms with van der Waals surface area (Å²) in [7, 11) is 0. The molecule has 0 aliphatic rings. The van der Waals surface area contributed by atoms with Crippen molar-refractivity contribution < 1.29 is 13.2 Å². The van der Waals surface area contributed by atoms with Crippen LogP contribution in [0.2, 0.25) is 0 Å². The van der Waals surface area contributed by atoms with Crippen molar-refractivity contribution in [3.8, 4) is 0 Å². The second-order valence-corrected chi connectivity index (χ2v) is 4.35. The predicted octanol–water partition coefficient (Wildman–Crippen LogP) is 3.27. The molecule has 1 aromatic rings. The number of aryl methyl sites for hydroxylation is 1. The molecule has 0 saturated heterocycles. The van der Waals surface area contributed by atoms with E-state index in [1.165, 1.54) is 4.88 Å². The molecule has 0 spiro atoms. The maximum atomic E-state index is 11.9. The van der Waals surface area contributed by atoms with Gasteiger partial charge in [0.05, 0.1) is 6.54 Å². The smallest absolute Gasteiger partial charge is 0.305 e. The number of hydrogen-bond donors (Lipinski definition) is 1. The fraction of sp³-hybridized carbons (Fsp3) is 0.600. The molecule has 0 aromatic carbocycles. The third kappa shape index (κ3) is 3.83. The molecule has 1 aromatic heterocycles. The van der Waals surface area contributed by atoms with E-state index >= 15 is 0 Å². The van der Waals surface area contributed by atoms with Crippen molar-refractivity contribution in [3.63, 3.8) is 0 Å². The van der Waals surface area contributed by atoms with E-state index in [1.54, 1.807) is 11.3 Å². The largest absolute Gasteiger partial charge is 0.401 e. The first-order chi connectivity index (χ1) is 6.94. The van der Waals surface area contributed by atoms with Crippen molar-refractivity contribution in [2.24, 2.45) is 0 Å². The number of halogens is 3. The van der Waals surface area contributed by atoms with E-state index in [9.17, 15) is 13.2 Å². The van der Waals surface area contributed by atoms with E-state index in [1.807, 2.05) is 19.2 Å². The summed E-state index contributed by atoms with van der Waals surface area (Å²) in [4.78, 5) is 1.25. The molecule has 1 N–H and O–H groups in total. The standard InChI is InChI=1S/C10H14F3NS/c1-3-9-7(2)8(5-15-9)4-14-6-10(11,12)13/h5,14H,3-4,6H2,1-2H3. The van der Waals surface area contributed by atoms with Crippen LogP contribution in [0.25, 0.3) is 0 Å². The fourth-order valence-electron chi connectivity index (χ4n) is 1.36. The first-order valence-corrected chi connectivity index (χ1v) is 5.65. The Balaban J connectivity index is 2.48. The van der Waals surface area contributed by atoms with Gasteiger partial charge in [-0.05, 0) is 29.9 Å². The topological polar surface area (TPSA) is 12.0 Å². The minimum absolute atomic E-state index is 0.293. The fourth-order valence-corrected chi connectivity index (χ4v) is 2.38.